The Morgan fingerprint density at radius 2 is 2.21 bits per heavy atom. The first-order chi connectivity index (χ1) is 6.74. The normalized spacial score (nSPS) is 20.4. The Bertz CT molecular complexity index is 178. The molecule has 0 aromatic heterocycles. The summed E-state index contributed by atoms with van der Waals surface area (Å²) in [6.07, 6.45) is 1.98. The maximum absolute atomic E-state index is 11.3. The molecule has 1 atom stereocenters. The van der Waals surface area contributed by atoms with Crippen molar-refractivity contribution in [3.8, 4) is 0 Å². The number of hydrogen-bond acceptors (Lipinski definition) is 4. The fraction of sp³-hybridized carbons (Fsp3) is 0.900. The Balaban J connectivity index is 2.15. The van der Waals surface area contributed by atoms with E-state index in [1.54, 1.807) is 6.92 Å². The number of carbonyl (C=O) groups excluding carboxylic acids is 1. The highest BCUT2D eigenvalue weighted by Crippen LogP contribution is 2.15. The van der Waals surface area contributed by atoms with Crippen LogP contribution in [0, 0.1) is 11.8 Å². The fourth-order valence-corrected chi connectivity index (χ4v) is 1.35. The van der Waals surface area contributed by atoms with E-state index in [0.717, 1.165) is 26.1 Å². The zero-order chi connectivity index (χ0) is 10.4. The van der Waals surface area contributed by atoms with Crippen molar-refractivity contribution >= 4 is 5.97 Å². The first-order valence-corrected chi connectivity index (χ1v) is 5.18. The van der Waals surface area contributed by atoms with Crippen LogP contribution in [0.3, 0.4) is 0 Å². The van der Waals surface area contributed by atoms with Gasteiger partial charge in [0.05, 0.1) is 12.5 Å². The van der Waals surface area contributed by atoms with E-state index >= 15 is 0 Å². The van der Waals surface area contributed by atoms with Gasteiger partial charge in [-0.1, -0.05) is 6.92 Å². The van der Waals surface area contributed by atoms with Crippen LogP contribution in [0.5, 0.6) is 0 Å². The highest BCUT2D eigenvalue weighted by atomic mass is 16.5. The van der Waals surface area contributed by atoms with Crippen LogP contribution in [-0.4, -0.2) is 32.3 Å². The minimum absolute atomic E-state index is 0.181. The van der Waals surface area contributed by atoms with Crippen molar-refractivity contribution in [3.63, 3.8) is 0 Å². The van der Waals surface area contributed by atoms with Gasteiger partial charge in [-0.15, -0.1) is 0 Å². The van der Waals surface area contributed by atoms with E-state index in [0.29, 0.717) is 19.1 Å². The van der Waals surface area contributed by atoms with Crippen LogP contribution in [0.15, 0.2) is 0 Å². The first kappa shape index (κ1) is 11.5. The van der Waals surface area contributed by atoms with Gasteiger partial charge in [0.25, 0.3) is 0 Å². The molecule has 4 heteroatoms. The highest BCUT2D eigenvalue weighted by Gasteiger charge is 2.18. The van der Waals surface area contributed by atoms with Crippen molar-refractivity contribution in [1.29, 1.82) is 0 Å². The summed E-state index contributed by atoms with van der Waals surface area (Å²) in [7, 11) is 0. The predicted molar refractivity (Wildman–Crippen MR) is 52.7 cm³/mol. The third-order valence-corrected chi connectivity index (χ3v) is 2.56. The van der Waals surface area contributed by atoms with E-state index in [4.69, 9.17) is 15.2 Å². The average Bonchev–Trinajstić information content (AvgIpc) is 2.26. The van der Waals surface area contributed by atoms with Crippen LogP contribution >= 0.6 is 0 Å². The van der Waals surface area contributed by atoms with Gasteiger partial charge in [-0.25, -0.2) is 0 Å². The minimum atomic E-state index is -0.185. The second-order valence-electron chi connectivity index (χ2n) is 3.82. The lowest BCUT2D eigenvalue weighted by atomic mass is 10.0. The van der Waals surface area contributed by atoms with Crippen molar-refractivity contribution in [2.75, 3.05) is 26.4 Å². The smallest absolute Gasteiger partial charge is 0.309 e. The van der Waals surface area contributed by atoms with Gasteiger partial charge >= 0.3 is 5.97 Å². The molecule has 0 bridgehead atoms. The third-order valence-electron chi connectivity index (χ3n) is 2.56. The quantitative estimate of drug-likeness (QED) is 0.675. The number of esters is 1. The van der Waals surface area contributed by atoms with Crippen molar-refractivity contribution in [3.05, 3.63) is 0 Å². The van der Waals surface area contributed by atoms with E-state index in [9.17, 15) is 4.79 Å². The molecule has 0 aromatic carbocycles. The van der Waals surface area contributed by atoms with Crippen LogP contribution < -0.4 is 5.73 Å². The van der Waals surface area contributed by atoms with Gasteiger partial charge in [-0.3, -0.25) is 4.79 Å². The standard InChI is InChI=1S/C10H19NO3/c1-8(6-11)10(12)14-7-9-2-4-13-5-3-9/h8-9H,2-7,11H2,1H3. The summed E-state index contributed by atoms with van der Waals surface area (Å²) in [5.74, 6) is 0.103. The van der Waals surface area contributed by atoms with Crippen LogP contribution in [0.2, 0.25) is 0 Å². The molecule has 0 saturated carbocycles. The number of ether oxygens (including phenoxy) is 2. The molecule has 2 N–H and O–H groups in total. The topological polar surface area (TPSA) is 61.6 Å². The van der Waals surface area contributed by atoms with Gasteiger partial charge < -0.3 is 15.2 Å². The summed E-state index contributed by atoms with van der Waals surface area (Å²) in [5, 5.41) is 0. The molecule has 1 heterocycles. The van der Waals surface area contributed by atoms with Gasteiger partial charge in [0, 0.05) is 19.8 Å². The molecule has 82 valence electrons. The summed E-state index contributed by atoms with van der Waals surface area (Å²) in [6, 6.07) is 0. The molecule has 0 spiro atoms. The Morgan fingerprint density at radius 3 is 2.79 bits per heavy atom. The Labute approximate surface area is 84.7 Å². The van der Waals surface area contributed by atoms with E-state index in [-0.39, 0.29) is 11.9 Å². The second kappa shape index (κ2) is 5.98. The maximum atomic E-state index is 11.3. The van der Waals surface area contributed by atoms with Crippen molar-refractivity contribution in [2.24, 2.45) is 17.6 Å². The molecule has 1 aliphatic heterocycles. The molecule has 0 amide bonds. The first-order valence-electron chi connectivity index (χ1n) is 5.18. The molecule has 1 fully saturated rings. The molecular weight excluding hydrogens is 182 g/mol. The van der Waals surface area contributed by atoms with Crippen LogP contribution in [0.1, 0.15) is 19.8 Å². The van der Waals surface area contributed by atoms with Gasteiger partial charge in [0.1, 0.15) is 0 Å². The fourth-order valence-electron chi connectivity index (χ4n) is 1.35. The number of carbonyl (C=O) groups is 1. The summed E-state index contributed by atoms with van der Waals surface area (Å²) in [4.78, 5) is 11.3. The van der Waals surface area contributed by atoms with Gasteiger partial charge in [-0.2, -0.15) is 0 Å². The van der Waals surface area contributed by atoms with E-state index in [2.05, 4.69) is 0 Å². The molecule has 0 radical (unpaired) electrons. The lowest BCUT2D eigenvalue weighted by Gasteiger charge is -2.22. The Kier molecular flexibility index (Phi) is 4.90. The van der Waals surface area contributed by atoms with Crippen molar-refractivity contribution in [2.45, 2.75) is 19.8 Å². The number of hydrogen-bond donors (Lipinski definition) is 1. The average molecular weight is 201 g/mol. The van der Waals surface area contributed by atoms with Crippen LogP contribution in [-0.2, 0) is 14.3 Å². The van der Waals surface area contributed by atoms with E-state index in [1.165, 1.54) is 0 Å². The lowest BCUT2D eigenvalue weighted by Crippen LogP contribution is -2.27. The third kappa shape index (κ3) is 3.64. The maximum Gasteiger partial charge on any atom is 0.309 e. The molecule has 0 aromatic rings. The molecule has 1 unspecified atom stereocenters. The minimum Gasteiger partial charge on any atom is -0.465 e. The van der Waals surface area contributed by atoms with Crippen molar-refractivity contribution in [1.82, 2.24) is 0 Å². The van der Waals surface area contributed by atoms with Gasteiger partial charge in [-0.05, 0) is 18.8 Å². The predicted octanol–water partition coefficient (Wildman–Crippen LogP) is 0.551. The van der Waals surface area contributed by atoms with Crippen LogP contribution in [0.4, 0.5) is 0 Å². The number of nitrogens with two attached hydrogens (primary N) is 1. The summed E-state index contributed by atoms with van der Waals surface area (Å²) < 4.78 is 10.4. The summed E-state index contributed by atoms with van der Waals surface area (Å²) in [5.41, 5.74) is 5.36. The second-order valence-corrected chi connectivity index (χ2v) is 3.82. The summed E-state index contributed by atoms with van der Waals surface area (Å²) >= 11 is 0. The van der Waals surface area contributed by atoms with Crippen molar-refractivity contribution < 1.29 is 14.3 Å². The Hall–Kier alpha value is -0.610. The molecular formula is C10H19NO3. The SMILES string of the molecule is CC(CN)C(=O)OCC1CCOCC1. The molecule has 0 aliphatic carbocycles. The number of rotatable bonds is 4. The largest absolute Gasteiger partial charge is 0.465 e. The van der Waals surface area contributed by atoms with E-state index < -0.39 is 0 Å². The lowest BCUT2D eigenvalue weighted by molar-refractivity contribution is -0.149. The van der Waals surface area contributed by atoms with Crippen LogP contribution in [0.25, 0.3) is 0 Å². The van der Waals surface area contributed by atoms with Gasteiger partial charge in [0.2, 0.25) is 0 Å². The monoisotopic (exact) mass is 201 g/mol. The zero-order valence-corrected chi connectivity index (χ0v) is 8.70. The molecule has 14 heavy (non-hydrogen) atoms. The summed E-state index contributed by atoms with van der Waals surface area (Å²) in [6.45, 7) is 4.23. The van der Waals surface area contributed by atoms with E-state index in [1.807, 2.05) is 0 Å². The van der Waals surface area contributed by atoms with Gasteiger partial charge in [0.15, 0.2) is 0 Å². The molecule has 4 nitrogen and oxygen atoms in total. The zero-order valence-electron chi connectivity index (χ0n) is 8.70. The molecule has 1 rings (SSSR count). The Morgan fingerprint density at radius 1 is 1.57 bits per heavy atom. The highest BCUT2D eigenvalue weighted by molar-refractivity contribution is 5.72. The molecule has 1 aliphatic rings. The molecule has 1 saturated heterocycles.